The highest BCUT2D eigenvalue weighted by Crippen LogP contribution is 2.30. The maximum atomic E-state index is 13.4. The van der Waals surface area contributed by atoms with Gasteiger partial charge in [-0.2, -0.15) is 0 Å². The second kappa shape index (κ2) is 9.66. The molecule has 0 unspecified atom stereocenters. The summed E-state index contributed by atoms with van der Waals surface area (Å²) in [5, 5.41) is 14.0. The van der Waals surface area contributed by atoms with E-state index in [-0.39, 0.29) is 22.0 Å². The van der Waals surface area contributed by atoms with Gasteiger partial charge in [-0.15, -0.1) is 0 Å². The zero-order chi connectivity index (χ0) is 24.4. The molecule has 1 N–H and O–H groups in total. The largest absolute Gasteiger partial charge is 0.324 e. The smallest absolute Gasteiger partial charge is 0.271 e. The first-order valence-corrected chi connectivity index (χ1v) is 11.5. The maximum absolute atomic E-state index is 13.4. The quantitative estimate of drug-likeness (QED) is 0.167. The summed E-state index contributed by atoms with van der Waals surface area (Å²) in [5.74, 6) is -0.439. The SMILES string of the molecule is Cc1ccccc1-n1c(S[C@@H](C)C(=O)Nc2cc([N+](=O)[O-])ccc2Cl)nc2ccccc2c1=O. The lowest BCUT2D eigenvalue weighted by Gasteiger charge is -2.18. The number of halogens is 1. The number of aromatic nitrogens is 2. The summed E-state index contributed by atoms with van der Waals surface area (Å²) in [6, 6.07) is 18.3. The third kappa shape index (κ3) is 4.66. The second-order valence-electron chi connectivity index (χ2n) is 7.51. The van der Waals surface area contributed by atoms with Crippen LogP contribution in [0.1, 0.15) is 12.5 Å². The summed E-state index contributed by atoms with van der Waals surface area (Å²) >= 11 is 7.23. The topological polar surface area (TPSA) is 107 Å². The Labute approximate surface area is 203 Å². The molecule has 10 heteroatoms. The number of nitrogens with one attached hydrogen (secondary N) is 1. The van der Waals surface area contributed by atoms with Gasteiger partial charge in [0.05, 0.1) is 37.5 Å². The molecule has 8 nitrogen and oxygen atoms in total. The molecule has 1 aromatic heterocycles. The van der Waals surface area contributed by atoms with Crippen molar-refractivity contribution in [3.63, 3.8) is 0 Å². The Balaban J connectivity index is 1.72. The number of non-ortho nitro benzene ring substituents is 1. The fourth-order valence-corrected chi connectivity index (χ4v) is 4.47. The lowest BCUT2D eigenvalue weighted by molar-refractivity contribution is -0.384. The summed E-state index contributed by atoms with van der Waals surface area (Å²) in [4.78, 5) is 41.5. The van der Waals surface area contributed by atoms with Gasteiger partial charge in [0.1, 0.15) is 0 Å². The second-order valence-corrected chi connectivity index (χ2v) is 9.22. The molecule has 1 amide bonds. The van der Waals surface area contributed by atoms with E-state index in [0.717, 1.165) is 17.3 Å². The molecule has 0 aliphatic carbocycles. The number of hydrogen-bond acceptors (Lipinski definition) is 6. The van der Waals surface area contributed by atoms with Crippen LogP contribution >= 0.6 is 23.4 Å². The predicted molar refractivity (Wildman–Crippen MR) is 134 cm³/mol. The summed E-state index contributed by atoms with van der Waals surface area (Å²) in [5.41, 5.74) is 1.78. The highest BCUT2D eigenvalue weighted by molar-refractivity contribution is 8.00. The van der Waals surface area contributed by atoms with E-state index in [9.17, 15) is 19.7 Å². The summed E-state index contributed by atoms with van der Waals surface area (Å²) in [6.07, 6.45) is 0. The Kier molecular flexibility index (Phi) is 6.67. The Morgan fingerprint density at radius 1 is 1.15 bits per heavy atom. The molecule has 1 heterocycles. The van der Waals surface area contributed by atoms with Crippen molar-refractivity contribution in [3.8, 4) is 5.69 Å². The number of nitrogens with zero attached hydrogens (tertiary/aromatic N) is 3. The maximum Gasteiger partial charge on any atom is 0.271 e. The Bertz CT molecular complexity index is 1490. The van der Waals surface area contributed by atoms with Gasteiger partial charge in [-0.1, -0.05) is 53.7 Å². The van der Waals surface area contributed by atoms with E-state index in [1.54, 1.807) is 31.2 Å². The third-order valence-electron chi connectivity index (χ3n) is 5.17. The van der Waals surface area contributed by atoms with Crippen molar-refractivity contribution in [2.45, 2.75) is 24.3 Å². The van der Waals surface area contributed by atoms with Crippen LogP contribution in [-0.4, -0.2) is 25.6 Å². The van der Waals surface area contributed by atoms with Crippen LogP contribution in [0.25, 0.3) is 16.6 Å². The number of para-hydroxylation sites is 2. The van der Waals surface area contributed by atoms with Crippen molar-refractivity contribution >= 4 is 51.5 Å². The average Bonchev–Trinajstić information content (AvgIpc) is 2.81. The van der Waals surface area contributed by atoms with E-state index in [1.807, 2.05) is 31.2 Å². The van der Waals surface area contributed by atoms with Crippen LogP contribution in [0.3, 0.4) is 0 Å². The van der Waals surface area contributed by atoms with Gasteiger partial charge in [0.2, 0.25) is 5.91 Å². The number of anilines is 1. The fraction of sp³-hybridized carbons (Fsp3) is 0.125. The average molecular weight is 495 g/mol. The molecule has 0 saturated carbocycles. The third-order valence-corrected chi connectivity index (χ3v) is 6.55. The molecule has 0 radical (unpaired) electrons. The van der Waals surface area contributed by atoms with E-state index < -0.39 is 16.1 Å². The highest BCUT2D eigenvalue weighted by atomic mass is 35.5. The number of carbonyl (C=O) groups is 1. The van der Waals surface area contributed by atoms with Crippen molar-refractivity contribution in [1.82, 2.24) is 9.55 Å². The van der Waals surface area contributed by atoms with E-state index in [1.165, 1.54) is 22.8 Å². The molecule has 3 aromatic carbocycles. The Morgan fingerprint density at radius 2 is 1.85 bits per heavy atom. The fourth-order valence-electron chi connectivity index (χ4n) is 3.39. The van der Waals surface area contributed by atoms with E-state index >= 15 is 0 Å². The molecule has 4 aromatic rings. The molecule has 1 atom stereocenters. The number of benzene rings is 3. The minimum atomic E-state index is -0.696. The van der Waals surface area contributed by atoms with Gasteiger partial charge in [-0.3, -0.25) is 24.3 Å². The van der Waals surface area contributed by atoms with Gasteiger partial charge in [0.15, 0.2) is 5.16 Å². The highest BCUT2D eigenvalue weighted by Gasteiger charge is 2.22. The van der Waals surface area contributed by atoms with Crippen molar-refractivity contribution in [2.24, 2.45) is 0 Å². The van der Waals surface area contributed by atoms with Gasteiger partial charge < -0.3 is 5.32 Å². The number of thioether (sulfide) groups is 1. The first-order valence-electron chi connectivity index (χ1n) is 10.3. The number of nitro benzene ring substituents is 1. The molecule has 0 fully saturated rings. The van der Waals surface area contributed by atoms with Crippen LogP contribution in [0.4, 0.5) is 11.4 Å². The van der Waals surface area contributed by atoms with Crippen LogP contribution in [-0.2, 0) is 4.79 Å². The Hall–Kier alpha value is -3.69. The van der Waals surface area contributed by atoms with Crippen LogP contribution in [0.5, 0.6) is 0 Å². The number of nitro groups is 1. The predicted octanol–water partition coefficient (Wildman–Crippen LogP) is 5.38. The van der Waals surface area contributed by atoms with E-state index in [2.05, 4.69) is 10.3 Å². The van der Waals surface area contributed by atoms with Gasteiger partial charge in [0, 0.05) is 12.1 Å². The van der Waals surface area contributed by atoms with Crippen molar-refractivity contribution < 1.29 is 9.72 Å². The van der Waals surface area contributed by atoms with Gasteiger partial charge in [0.25, 0.3) is 11.2 Å². The molecule has 0 bridgehead atoms. The molecule has 0 saturated heterocycles. The van der Waals surface area contributed by atoms with Gasteiger partial charge in [-0.25, -0.2) is 4.98 Å². The molecule has 172 valence electrons. The monoisotopic (exact) mass is 494 g/mol. The number of hydrogen-bond donors (Lipinski definition) is 1. The number of fused-ring (bicyclic) bond motifs is 1. The van der Waals surface area contributed by atoms with Crippen LogP contribution < -0.4 is 10.9 Å². The molecular formula is C24H19ClN4O4S. The Morgan fingerprint density at radius 3 is 2.59 bits per heavy atom. The van der Waals surface area contributed by atoms with Gasteiger partial charge >= 0.3 is 0 Å². The van der Waals surface area contributed by atoms with Crippen LogP contribution in [0.15, 0.2) is 76.7 Å². The summed E-state index contributed by atoms with van der Waals surface area (Å²) in [6.45, 7) is 3.56. The zero-order valence-corrected chi connectivity index (χ0v) is 19.8. The lowest BCUT2D eigenvalue weighted by Crippen LogP contribution is -2.26. The first kappa shape index (κ1) is 23.5. The van der Waals surface area contributed by atoms with Crippen LogP contribution in [0, 0.1) is 17.0 Å². The minimum absolute atomic E-state index is 0.135. The molecule has 34 heavy (non-hydrogen) atoms. The zero-order valence-electron chi connectivity index (χ0n) is 18.2. The van der Waals surface area contributed by atoms with E-state index in [0.29, 0.717) is 21.7 Å². The van der Waals surface area contributed by atoms with Crippen LogP contribution in [0.2, 0.25) is 5.02 Å². The number of carbonyl (C=O) groups excluding carboxylic acids is 1. The van der Waals surface area contributed by atoms with E-state index in [4.69, 9.17) is 11.6 Å². The molecule has 0 aliphatic heterocycles. The lowest BCUT2D eigenvalue weighted by atomic mass is 10.2. The standard InChI is InChI=1S/C24H19ClN4O4S/c1-14-7-3-6-10-21(14)28-23(31)17-8-4-5-9-19(17)27-24(28)34-15(2)22(30)26-20-13-16(29(32)33)11-12-18(20)25/h3-13,15H,1-2H3,(H,26,30)/t15-/m0/s1. The minimum Gasteiger partial charge on any atom is -0.324 e. The molecule has 0 aliphatic rings. The molecular weight excluding hydrogens is 476 g/mol. The summed E-state index contributed by atoms with van der Waals surface area (Å²) in [7, 11) is 0. The number of aryl methyl sites for hydroxylation is 1. The normalized spacial score (nSPS) is 11.9. The van der Waals surface area contributed by atoms with Gasteiger partial charge in [-0.05, 0) is 43.7 Å². The first-order chi connectivity index (χ1) is 16.3. The molecule has 4 rings (SSSR count). The van der Waals surface area contributed by atoms with Crippen molar-refractivity contribution in [1.29, 1.82) is 0 Å². The van der Waals surface area contributed by atoms with Crippen molar-refractivity contribution in [2.75, 3.05) is 5.32 Å². The summed E-state index contributed by atoms with van der Waals surface area (Å²) < 4.78 is 1.51. The van der Waals surface area contributed by atoms with Crippen molar-refractivity contribution in [3.05, 3.63) is 97.8 Å². The number of rotatable bonds is 6. The number of amides is 1. The molecule has 0 spiro atoms.